The van der Waals surface area contributed by atoms with Crippen LogP contribution in [0.25, 0.3) is 0 Å². The minimum absolute atomic E-state index is 0.0298. The van der Waals surface area contributed by atoms with Crippen molar-refractivity contribution in [3.05, 3.63) is 24.3 Å². The molecule has 5 nitrogen and oxygen atoms in total. The molecule has 0 aliphatic carbocycles. The second-order valence-corrected chi connectivity index (χ2v) is 9.10. The topological polar surface area (TPSA) is 59.0 Å². The van der Waals surface area contributed by atoms with E-state index in [-0.39, 0.29) is 12.7 Å². The number of aliphatic hydroxyl groups excluding tert-OH is 1. The number of hydrogen-bond donors (Lipinski definition) is 1. The summed E-state index contributed by atoms with van der Waals surface area (Å²) in [5.74, 6) is 0. The highest BCUT2D eigenvalue weighted by atomic mass is 16.7. The lowest BCUT2D eigenvalue weighted by atomic mass is 10.0. The predicted octanol–water partition coefficient (Wildman–Crippen LogP) is 7.83. The molecule has 1 atom stereocenters. The molecule has 0 aliphatic heterocycles. The molecule has 1 unspecified atom stereocenters. The van der Waals surface area contributed by atoms with Crippen molar-refractivity contribution in [1.29, 1.82) is 0 Å². The first-order valence-electron chi connectivity index (χ1n) is 14.1. The van der Waals surface area contributed by atoms with E-state index >= 15 is 0 Å². The van der Waals surface area contributed by atoms with Gasteiger partial charge in [-0.15, -0.1) is 0 Å². The Morgan fingerprint density at radius 2 is 1.41 bits per heavy atom. The molecule has 0 aromatic rings. The van der Waals surface area contributed by atoms with Gasteiger partial charge in [-0.2, -0.15) is 0 Å². The van der Waals surface area contributed by atoms with E-state index in [1.54, 1.807) is 0 Å². The van der Waals surface area contributed by atoms with Crippen molar-refractivity contribution in [1.82, 2.24) is 4.90 Å². The Hall–Kier alpha value is -1.33. The monoisotopic (exact) mass is 481 g/mol. The molecule has 0 aliphatic rings. The van der Waals surface area contributed by atoms with Crippen LogP contribution in [0.4, 0.5) is 4.79 Å². The van der Waals surface area contributed by atoms with Gasteiger partial charge in [0.1, 0.15) is 6.10 Å². The number of allylic oxidation sites excluding steroid dienone is 4. The van der Waals surface area contributed by atoms with E-state index in [1.807, 2.05) is 0 Å². The molecule has 0 saturated carbocycles. The Kier molecular flexibility index (Phi) is 25.2. The molecule has 200 valence electrons. The number of rotatable bonds is 24. The van der Waals surface area contributed by atoms with Gasteiger partial charge in [0.15, 0.2) is 0 Å². The average molecular weight is 482 g/mol. The van der Waals surface area contributed by atoms with Crippen LogP contribution in [-0.4, -0.2) is 55.1 Å². The van der Waals surface area contributed by atoms with E-state index in [4.69, 9.17) is 9.47 Å². The summed E-state index contributed by atoms with van der Waals surface area (Å²) in [4.78, 5) is 14.2. The Balaban J connectivity index is 3.68. The zero-order chi connectivity index (χ0) is 25.1. The fraction of sp³-hybridized carbons (Fsp3) is 0.828. The third-order valence-electron chi connectivity index (χ3n) is 6.17. The number of nitrogens with zero attached hydrogens (tertiary/aromatic N) is 1. The minimum atomic E-state index is -0.599. The number of carbonyl (C=O) groups is 1. The smallest absolute Gasteiger partial charge is 0.434 e. The van der Waals surface area contributed by atoms with Crippen LogP contribution in [0.1, 0.15) is 117 Å². The van der Waals surface area contributed by atoms with Gasteiger partial charge in [0, 0.05) is 19.6 Å². The van der Waals surface area contributed by atoms with Gasteiger partial charge in [-0.1, -0.05) is 83.6 Å². The highest BCUT2D eigenvalue weighted by molar-refractivity contribution is 5.60. The second-order valence-electron chi connectivity index (χ2n) is 9.10. The second kappa shape index (κ2) is 26.3. The van der Waals surface area contributed by atoms with Gasteiger partial charge in [-0.3, -0.25) is 0 Å². The van der Waals surface area contributed by atoms with Gasteiger partial charge in [-0.05, 0) is 64.5 Å². The summed E-state index contributed by atoms with van der Waals surface area (Å²) < 4.78 is 10.6. The Morgan fingerprint density at radius 3 is 2.03 bits per heavy atom. The molecule has 0 aromatic heterocycles. The number of hydrogen-bond acceptors (Lipinski definition) is 5. The minimum Gasteiger partial charge on any atom is -0.434 e. The van der Waals surface area contributed by atoms with Crippen LogP contribution in [-0.2, 0) is 9.47 Å². The summed E-state index contributed by atoms with van der Waals surface area (Å²) in [6, 6.07) is 0. The fourth-order valence-electron chi connectivity index (χ4n) is 3.92. The van der Waals surface area contributed by atoms with Crippen molar-refractivity contribution in [2.24, 2.45) is 0 Å². The SMILES string of the molecule is CCCCCC=CCC=CCCCCCCCCC(CCO)OC(=O)OCCCN(CC)CC. The maximum Gasteiger partial charge on any atom is 0.508 e. The molecule has 0 heterocycles. The zero-order valence-electron chi connectivity index (χ0n) is 22.6. The van der Waals surface area contributed by atoms with Crippen LogP contribution in [0.2, 0.25) is 0 Å². The zero-order valence-corrected chi connectivity index (χ0v) is 22.6. The van der Waals surface area contributed by atoms with Gasteiger partial charge in [0.2, 0.25) is 0 Å². The van der Waals surface area contributed by atoms with E-state index in [9.17, 15) is 9.90 Å². The molecule has 0 amide bonds. The van der Waals surface area contributed by atoms with Gasteiger partial charge in [0.25, 0.3) is 0 Å². The maximum atomic E-state index is 11.9. The van der Waals surface area contributed by atoms with Crippen molar-refractivity contribution in [2.45, 2.75) is 123 Å². The predicted molar refractivity (Wildman–Crippen MR) is 144 cm³/mol. The number of ether oxygens (including phenoxy) is 2. The largest absolute Gasteiger partial charge is 0.508 e. The van der Waals surface area contributed by atoms with Crippen LogP contribution in [0.5, 0.6) is 0 Å². The Labute approximate surface area is 211 Å². The van der Waals surface area contributed by atoms with Crippen LogP contribution in [0.15, 0.2) is 24.3 Å². The standard InChI is InChI=1S/C29H55NO4/c1-4-7-8-9-10-11-12-13-14-15-16-17-18-19-20-21-23-28(24-26-31)34-29(32)33-27-22-25-30(5-2)6-3/h10-11,13-14,28,31H,4-9,12,15-27H2,1-3H3. The number of unbranched alkanes of at least 4 members (excludes halogenated alkanes) is 9. The number of carbonyl (C=O) groups excluding carboxylic acids is 1. The molecule has 0 bridgehead atoms. The summed E-state index contributed by atoms with van der Waals surface area (Å²) >= 11 is 0. The van der Waals surface area contributed by atoms with Crippen molar-refractivity contribution < 1.29 is 19.4 Å². The van der Waals surface area contributed by atoms with E-state index in [0.717, 1.165) is 51.7 Å². The highest BCUT2D eigenvalue weighted by Crippen LogP contribution is 2.14. The van der Waals surface area contributed by atoms with Gasteiger partial charge in [-0.25, -0.2) is 4.79 Å². The van der Waals surface area contributed by atoms with E-state index < -0.39 is 6.16 Å². The third-order valence-corrected chi connectivity index (χ3v) is 6.17. The van der Waals surface area contributed by atoms with Crippen molar-refractivity contribution in [3.63, 3.8) is 0 Å². The average Bonchev–Trinajstić information content (AvgIpc) is 2.84. The molecule has 0 rings (SSSR count). The quantitative estimate of drug-likeness (QED) is 0.0864. The Bertz CT molecular complexity index is 489. The normalized spacial score (nSPS) is 12.7. The third kappa shape index (κ3) is 22.5. The molecule has 34 heavy (non-hydrogen) atoms. The number of aliphatic hydroxyl groups is 1. The molecule has 0 fully saturated rings. The van der Waals surface area contributed by atoms with E-state index in [0.29, 0.717) is 13.0 Å². The summed E-state index contributed by atoms with van der Waals surface area (Å²) in [7, 11) is 0. The highest BCUT2D eigenvalue weighted by Gasteiger charge is 2.15. The van der Waals surface area contributed by atoms with Gasteiger partial charge < -0.3 is 19.5 Å². The van der Waals surface area contributed by atoms with E-state index in [2.05, 4.69) is 50.0 Å². The maximum absolute atomic E-state index is 11.9. The summed E-state index contributed by atoms with van der Waals surface area (Å²) in [6.45, 7) is 9.86. The first-order valence-corrected chi connectivity index (χ1v) is 14.1. The summed E-state index contributed by atoms with van der Waals surface area (Å²) in [5.41, 5.74) is 0. The lowest BCUT2D eigenvalue weighted by molar-refractivity contribution is 0.0104. The first kappa shape index (κ1) is 32.7. The molecule has 0 aromatic carbocycles. The summed E-state index contributed by atoms with van der Waals surface area (Å²) in [6.07, 6.45) is 25.0. The van der Waals surface area contributed by atoms with Crippen molar-refractivity contribution >= 4 is 6.16 Å². The molecular weight excluding hydrogens is 426 g/mol. The van der Waals surface area contributed by atoms with Gasteiger partial charge >= 0.3 is 6.16 Å². The fourth-order valence-corrected chi connectivity index (χ4v) is 3.92. The van der Waals surface area contributed by atoms with Crippen LogP contribution < -0.4 is 0 Å². The van der Waals surface area contributed by atoms with Gasteiger partial charge in [0.05, 0.1) is 6.61 Å². The Morgan fingerprint density at radius 1 is 0.794 bits per heavy atom. The van der Waals surface area contributed by atoms with Crippen molar-refractivity contribution in [3.8, 4) is 0 Å². The van der Waals surface area contributed by atoms with Crippen LogP contribution in [0.3, 0.4) is 0 Å². The first-order chi connectivity index (χ1) is 16.7. The lowest BCUT2D eigenvalue weighted by Gasteiger charge is -2.18. The molecule has 0 spiro atoms. The molecule has 0 radical (unpaired) electrons. The van der Waals surface area contributed by atoms with Crippen LogP contribution in [0, 0.1) is 0 Å². The summed E-state index contributed by atoms with van der Waals surface area (Å²) in [5, 5.41) is 9.27. The van der Waals surface area contributed by atoms with Crippen molar-refractivity contribution in [2.75, 3.05) is 32.8 Å². The van der Waals surface area contributed by atoms with Crippen LogP contribution >= 0.6 is 0 Å². The molecule has 1 N–H and O–H groups in total. The molecule has 0 saturated heterocycles. The molecular formula is C29H55NO4. The molecule has 5 heteroatoms. The van der Waals surface area contributed by atoms with E-state index in [1.165, 1.54) is 57.8 Å². The lowest BCUT2D eigenvalue weighted by Crippen LogP contribution is -2.26.